The molecule has 2 aromatic rings. The molecule has 7 heteroatoms. The first kappa shape index (κ1) is 26.8. The topological polar surface area (TPSA) is 68.1 Å². The van der Waals surface area contributed by atoms with Crippen LogP contribution in [0.4, 0.5) is 0 Å². The molecule has 3 fully saturated rings. The maximum absolute atomic E-state index is 13.7. The van der Waals surface area contributed by atoms with Crippen molar-refractivity contribution in [2.75, 3.05) is 13.1 Å². The number of hydrogen-bond acceptors (Lipinski definition) is 4. The number of Topliss-reactive ketones (excluding diaryl/α,β-unsaturated/α-hetero) is 1. The predicted molar refractivity (Wildman–Crippen MR) is 144 cm³/mol. The van der Waals surface area contributed by atoms with Gasteiger partial charge in [-0.05, 0) is 68.9 Å². The zero-order valence-corrected chi connectivity index (χ0v) is 23.2. The quantitative estimate of drug-likeness (QED) is 0.464. The van der Waals surface area contributed by atoms with Crippen LogP contribution in [0.1, 0.15) is 99.1 Å². The second-order valence-corrected chi connectivity index (χ2v) is 11.9. The average Bonchev–Trinajstić information content (AvgIpc) is 3.35. The normalized spacial score (nSPS) is 25.6. The Kier molecular flexibility index (Phi) is 7.94. The Balaban J connectivity index is 0.00000304. The molecule has 1 aliphatic heterocycles. The van der Waals surface area contributed by atoms with Crippen LogP contribution in [0.3, 0.4) is 0 Å². The number of ketones is 1. The molecule has 1 aromatic heterocycles. The molecule has 196 valence electrons. The third-order valence-electron chi connectivity index (χ3n) is 8.44. The molecule has 2 aliphatic carbocycles. The number of likely N-dealkylation sites (tertiary alicyclic amines) is 1. The van der Waals surface area contributed by atoms with Gasteiger partial charge in [0.15, 0.2) is 0 Å². The van der Waals surface area contributed by atoms with E-state index >= 15 is 0 Å². The zero-order chi connectivity index (χ0) is 24.9. The van der Waals surface area contributed by atoms with E-state index in [2.05, 4.69) is 50.5 Å². The van der Waals surface area contributed by atoms with Crippen LogP contribution in [0.2, 0.25) is 0 Å². The monoisotopic (exact) mass is 512 g/mol. The summed E-state index contributed by atoms with van der Waals surface area (Å²) in [7, 11) is 0. The van der Waals surface area contributed by atoms with Crippen LogP contribution in [-0.4, -0.2) is 44.4 Å². The Bertz CT molecular complexity index is 1120. The highest BCUT2D eigenvalue weighted by Crippen LogP contribution is 2.48. The Morgan fingerprint density at radius 2 is 1.75 bits per heavy atom. The second-order valence-electron chi connectivity index (χ2n) is 11.9. The number of nitrogens with zero attached hydrogens (tertiary/aromatic N) is 4. The molecule has 5 rings (SSSR count). The van der Waals surface area contributed by atoms with Gasteiger partial charge in [0, 0.05) is 50.2 Å². The first-order valence-corrected chi connectivity index (χ1v) is 13.5. The lowest BCUT2D eigenvalue weighted by molar-refractivity contribution is -0.128. The molecule has 3 aliphatic rings. The number of amides is 1. The molecule has 0 N–H and O–H groups in total. The van der Waals surface area contributed by atoms with Gasteiger partial charge in [-0.1, -0.05) is 37.6 Å². The molecule has 36 heavy (non-hydrogen) atoms. The Hall–Kier alpha value is -2.21. The maximum Gasteiger partial charge on any atom is 0.219 e. The van der Waals surface area contributed by atoms with Gasteiger partial charge in [0.25, 0.3) is 0 Å². The van der Waals surface area contributed by atoms with E-state index in [9.17, 15) is 9.59 Å². The molecule has 2 heterocycles. The summed E-state index contributed by atoms with van der Waals surface area (Å²) in [5.41, 5.74) is 3.44. The van der Waals surface area contributed by atoms with Gasteiger partial charge in [-0.25, -0.2) is 0 Å². The van der Waals surface area contributed by atoms with Gasteiger partial charge in [0.1, 0.15) is 17.4 Å². The second kappa shape index (κ2) is 10.6. The van der Waals surface area contributed by atoms with Gasteiger partial charge in [-0.2, -0.15) is 0 Å². The third kappa shape index (κ3) is 5.39. The molecular weight excluding hydrogens is 472 g/mol. The zero-order valence-electron chi connectivity index (χ0n) is 22.4. The molecule has 2 saturated carbocycles. The fraction of sp³-hybridized carbons (Fsp3) is 0.655. The van der Waals surface area contributed by atoms with Crippen LogP contribution in [0, 0.1) is 31.6 Å². The van der Waals surface area contributed by atoms with Crippen LogP contribution in [0.15, 0.2) is 18.2 Å². The van der Waals surface area contributed by atoms with Crippen LogP contribution in [0.25, 0.3) is 0 Å². The van der Waals surface area contributed by atoms with Gasteiger partial charge in [-0.3, -0.25) is 9.59 Å². The summed E-state index contributed by atoms with van der Waals surface area (Å²) in [6, 6.07) is 6.74. The van der Waals surface area contributed by atoms with Gasteiger partial charge in [0.2, 0.25) is 5.91 Å². The minimum Gasteiger partial charge on any atom is -0.341 e. The standard InChI is InChI=1S/C29H40N4O2.ClH/c1-17(2)10-21-12-23(13-21)28-30-31-29(33(28)24-8-9-24)26-16-32(20(5)34)15-25(26)27(35)14-22-7-6-18(3)11-19(22)4;/h6-7,11,17,21,23-26H,8-10,12-16H2,1-5H3;1H/t21?,23?,25-,26-;/m1./s1. The number of rotatable bonds is 8. The van der Waals surface area contributed by atoms with E-state index in [1.807, 2.05) is 4.90 Å². The number of carbonyl (C=O) groups excluding carboxylic acids is 2. The van der Waals surface area contributed by atoms with Crippen LogP contribution in [-0.2, 0) is 16.0 Å². The first-order valence-electron chi connectivity index (χ1n) is 13.5. The van der Waals surface area contributed by atoms with Crippen molar-refractivity contribution in [2.45, 2.75) is 91.0 Å². The Labute approximate surface area is 221 Å². The maximum atomic E-state index is 13.7. The smallest absolute Gasteiger partial charge is 0.219 e. The molecular formula is C29H41ClN4O2. The fourth-order valence-corrected chi connectivity index (χ4v) is 6.37. The highest BCUT2D eigenvalue weighted by Gasteiger charge is 2.45. The lowest BCUT2D eigenvalue weighted by Crippen LogP contribution is -2.28. The van der Waals surface area contributed by atoms with E-state index < -0.39 is 0 Å². The van der Waals surface area contributed by atoms with Gasteiger partial charge < -0.3 is 9.47 Å². The highest BCUT2D eigenvalue weighted by atomic mass is 35.5. The van der Waals surface area contributed by atoms with Crippen molar-refractivity contribution >= 4 is 24.1 Å². The Morgan fingerprint density at radius 3 is 2.36 bits per heavy atom. The molecule has 2 atom stereocenters. The number of aromatic nitrogens is 3. The van der Waals surface area contributed by atoms with Crippen molar-refractivity contribution in [1.29, 1.82) is 0 Å². The summed E-state index contributed by atoms with van der Waals surface area (Å²) < 4.78 is 2.39. The van der Waals surface area contributed by atoms with Gasteiger partial charge in [0.05, 0.1) is 0 Å². The van der Waals surface area contributed by atoms with E-state index in [1.54, 1.807) is 6.92 Å². The summed E-state index contributed by atoms with van der Waals surface area (Å²) in [4.78, 5) is 27.8. The highest BCUT2D eigenvalue weighted by molar-refractivity contribution is 5.86. The number of aryl methyl sites for hydroxylation is 2. The van der Waals surface area contributed by atoms with E-state index in [0.717, 1.165) is 47.5 Å². The van der Waals surface area contributed by atoms with Gasteiger partial charge >= 0.3 is 0 Å². The minimum atomic E-state index is -0.232. The molecule has 6 nitrogen and oxygen atoms in total. The number of hydrogen-bond donors (Lipinski definition) is 0. The van der Waals surface area contributed by atoms with Crippen LogP contribution >= 0.6 is 12.4 Å². The molecule has 0 radical (unpaired) electrons. The van der Waals surface area contributed by atoms with Crippen molar-refractivity contribution in [3.05, 3.63) is 46.5 Å². The summed E-state index contributed by atoms with van der Waals surface area (Å²) >= 11 is 0. The van der Waals surface area contributed by atoms with Crippen molar-refractivity contribution in [3.8, 4) is 0 Å². The van der Waals surface area contributed by atoms with E-state index in [0.29, 0.717) is 31.5 Å². The SMILES string of the molecule is CC(=O)N1C[C@@H](C(=O)Cc2ccc(C)cc2C)[C@H](c2nnc(C3CC(CC(C)C)C3)n2C2CC2)C1.Cl. The van der Waals surface area contributed by atoms with E-state index in [4.69, 9.17) is 10.2 Å². The lowest BCUT2D eigenvalue weighted by atomic mass is 9.71. The van der Waals surface area contributed by atoms with E-state index in [-0.39, 0.29) is 35.9 Å². The third-order valence-corrected chi connectivity index (χ3v) is 8.44. The minimum absolute atomic E-state index is 0. The first-order chi connectivity index (χ1) is 16.7. The summed E-state index contributed by atoms with van der Waals surface area (Å²) in [5.74, 6) is 4.01. The summed E-state index contributed by atoms with van der Waals surface area (Å²) in [6.07, 6.45) is 6.40. The molecule has 1 amide bonds. The van der Waals surface area contributed by atoms with Crippen LogP contribution < -0.4 is 0 Å². The van der Waals surface area contributed by atoms with Crippen molar-refractivity contribution in [1.82, 2.24) is 19.7 Å². The molecule has 0 unspecified atom stereocenters. The largest absolute Gasteiger partial charge is 0.341 e. The average molecular weight is 513 g/mol. The Morgan fingerprint density at radius 1 is 1.06 bits per heavy atom. The predicted octanol–water partition coefficient (Wildman–Crippen LogP) is 5.57. The van der Waals surface area contributed by atoms with Crippen molar-refractivity contribution in [2.24, 2.45) is 17.8 Å². The fourth-order valence-electron chi connectivity index (χ4n) is 6.37. The van der Waals surface area contributed by atoms with Crippen LogP contribution in [0.5, 0.6) is 0 Å². The molecule has 1 saturated heterocycles. The summed E-state index contributed by atoms with van der Waals surface area (Å²) in [5, 5.41) is 9.46. The molecule has 0 bridgehead atoms. The number of carbonyl (C=O) groups is 2. The van der Waals surface area contributed by atoms with E-state index in [1.165, 1.54) is 24.8 Å². The van der Waals surface area contributed by atoms with Crippen molar-refractivity contribution < 1.29 is 9.59 Å². The van der Waals surface area contributed by atoms with Gasteiger partial charge in [-0.15, -0.1) is 22.6 Å². The van der Waals surface area contributed by atoms with Crippen molar-refractivity contribution in [3.63, 3.8) is 0 Å². The summed E-state index contributed by atoms with van der Waals surface area (Å²) in [6.45, 7) is 11.4. The lowest BCUT2D eigenvalue weighted by Gasteiger charge is -2.36. The number of benzene rings is 1. The molecule has 1 aromatic carbocycles. The number of halogens is 1. The molecule has 0 spiro atoms.